The fourth-order valence-electron chi connectivity index (χ4n) is 5.79. The zero-order valence-corrected chi connectivity index (χ0v) is 31.4. The number of phenolic OH excluding ortho intramolecular Hbond substituents is 1. The number of fused-ring (bicyclic) bond motifs is 1. The van der Waals surface area contributed by atoms with Crippen LogP contribution in [0, 0.1) is 0 Å². The number of amides is 5. The second-order valence-electron chi connectivity index (χ2n) is 12.6. The van der Waals surface area contributed by atoms with E-state index in [4.69, 9.17) is 9.47 Å². The Morgan fingerprint density at radius 2 is 1.25 bits per heavy atom. The van der Waals surface area contributed by atoms with Crippen molar-refractivity contribution < 1.29 is 53.6 Å². The minimum atomic E-state index is -1.42. The van der Waals surface area contributed by atoms with Gasteiger partial charge in [0.05, 0.1) is 49.6 Å². The predicted octanol–water partition coefficient (Wildman–Crippen LogP) is 4.18. The number of aromatic hydroxyl groups is 2. The van der Waals surface area contributed by atoms with Crippen LogP contribution in [0.3, 0.4) is 0 Å². The van der Waals surface area contributed by atoms with E-state index in [1.165, 1.54) is 74.1 Å². The Bertz CT molecular complexity index is 2750. The fourth-order valence-corrected chi connectivity index (χ4v) is 5.79. The summed E-state index contributed by atoms with van der Waals surface area (Å²) in [6.45, 7) is -0.422. The highest BCUT2D eigenvalue weighted by Crippen LogP contribution is 2.40. The lowest BCUT2D eigenvalue weighted by Gasteiger charge is -2.16. The summed E-state index contributed by atoms with van der Waals surface area (Å²) in [6.07, 6.45) is 2.53. The van der Waals surface area contributed by atoms with Gasteiger partial charge in [-0.3, -0.25) is 28.8 Å². The number of rotatable bonds is 13. The molecule has 0 atom stereocenters. The van der Waals surface area contributed by atoms with E-state index in [0.717, 1.165) is 13.2 Å². The number of anilines is 4. The summed E-state index contributed by atoms with van der Waals surface area (Å²) in [6, 6.07) is 20.0. The van der Waals surface area contributed by atoms with Crippen LogP contribution in [0.25, 0.3) is 10.9 Å². The number of carboxylic acid groups (broad SMARTS) is 1. The van der Waals surface area contributed by atoms with Crippen molar-refractivity contribution >= 4 is 69.2 Å². The van der Waals surface area contributed by atoms with Gasteiger partial charge < -0.3 is 56.4 Å². The van der Waals surface area contributed by atoms with E-state index >= 15 is 0 Å². The molecule has 19 nitrogen and oxygen atoms in total. The first-order valence-electron chi connectivity index (χ1n) is 17.5. The minimum Gasteiger partial charge on any atom is -0.504 e. The number of benzene rings is 4. The molecule has 60 heavy (non-hydrogen) atoms. The lowest BCUT2D eigenvalue weighted by atomic mass is 10.1. The molecule has 0 saturated heterocycles. The normalized spacial score (nSPS) is 10.6. The Labute approximate surface area is 338 Å². The van der Waals surface area contributed by atoms with Crippen molar-refractivity contribution in [1.29, 1.82) is 0 Å². The number of nitrogens with one attached hydrogen (secondary N) is 6. The van der Waals surface area contributed by atoms with Crippen molar-refractivity contribution in [3.8, 4) is 23.0 Å². The van der Waals surface area contributed by atoms with Gasteiger partial charge in [0.2, 0.25) is 11.3 Å². The van der Waals surface area contributed by atoms with E-state index in [-0.39, 0.29) is 50.9 Å². The summed E-state index contributed by atoms with van der Waals surface area (Å²) in [4.78, 5) is 95.2. The maximum Gasteiger partial charge on any atom is 0.339 e. The molecule has 9 N–H and O–H groups in total. The molecule has 5 amide bonds. The lowest BCUT2D eigenvalue weighted by molar-refractivity contribution is -0.115. The summed E-state index contributed by atoms with van der Waals surface area (Å²) < 4.78 is 10.3. The molecule has 6 rings (SSSR count). The second-order valence-corrected chi connectivity index (χ2v) is 12.6. The van der Waals surface area contributed by atoms with E-state index in [1.807, 2.05) is 0 Å². The van der Waals surface area contributed by atoms with Crippen LogP contribution in [-0.4, -0.2) is 81.6 Å². The van der Waals surface area contributed by atoms with E-state index in [1.54, 1.807) is 24.3 Å². The summed E-state index contributed by atoms with van der Waals surface area (Å²) in [7, 11) is 2.35. The Morgan fingerprint density at radius 3 is 1.88 bits per heavy atom. The number of carbonyl (C=O) groups excluding carboxylic acids is 5. The predicted molar refractivity (Wildman–Crippen MR) is 216 cm³/mol. The molecular weight excluding hydrogens is 782 g/mol. The van der Waals surface area contributed by atoms with Gasteiger partial charge in [-0.15, -0.1) is 0 Å². The van der Waals surface area contributed by atoms with Gasteiger partial charge in [-0.1, -0.05) is 12.1 Å². The van der Waals surface area contributed by atoms with E-state index in [0.29, 0.717) is 16.6 Å². The summed E-state index contributed by atoms with van der Waals surface area (Å²) in [5.41, 5.74) is -0.211. The fraction of sp³-hybridized carbons (Fsp3) is 0.0732. The highest BCUT2D eigenvalue weighted by atomic mass is 16.5. The average Bonchev–Trinajstić information content (AvgIpc) is 3.23. The number of hydrogen-bond acceptors (Lipinski definition) is 12. The van der Waals surface area contributed by atoms with Crippen LogP contribution < -0.4 is 41.5 Å². The molecule has 2 aromatic heterocycles. The molecule has 304 valence electrons. The Morgan fingerprint density at radius 1 is 0.650 bits per heavy atom. The number of ether oxygens (including phenoxy) is 2. The number of pyridine rings is 2. The summed E-state index contributed by atoms with van der Waals surface area (Å²) in [5, 5.41) is 43.3. The third kappa shape index (κ3) is 8.79. The van der Waals surface area contributed by atoms with Crippen LogP contribution in [0.2, 0.25) is 0 Å². The SMILES string of the molecule is COc1c(NC(=O)c2ccc(NC(=O)c3ccc(NC(=O)CNC(=O)c4ccc(NC(=O)c5c[nH]c6ccccc6c5=O)cc4)cn3)c(OC)c2O)ccc(C(=O)O)c1O. The van der Waals surface area contributed by atoms with Crippen molar-refractivity contribution in [3.05, 3.63) is 135 Å². The van der Waals surface area contributed by atoms with Crippen LogP contribution >= 0.6 is 0 Å². The molecule has 0 aliphatic rings. The van der Waals surface area contributed by atoms with Gasteiger partial charge >= 0.3 is 5.97 Å². The molecule has 0 spiro atoms. The van der Waals surface area contributed by atoms with Crippen LogP contribution in [0.15, 0.2) is 102 Å². The first kappa shape index (κ1) is 40.9. The quantitative estimate of drug-likeness (QED) is 0.0792. The maximum absolute atomic E-state index is 13.1. The molecule has 6 aromatic rings. The third-order valence-corrected chi connectivity index (χ3v) is 8.77. The van der Waals surface area contributed by atoms with Crippen LogP contribution in [0.5, 0.6) is 23.0 Å². The van der Waals surface area contributed by atoms with Crippen molar-refractivity contribution in [1.82, 2.24) is 15.3 Å². The van der Waals surface area contributed by atoms with Crippen LogP contribution in [0.4, 0.5) is 22.7 Å². The number of phenols is 2. The minimum absolute atomic E-state index is 0.0375. The molecule has 0 bridgehead atoms. The number of methoxy groups -OCH3 is 2. The van der Waals surface area contributed by atoms with Crippen molar-refractivity contribution in [2.75, 3.05) is 42.0 Å². The monoisotopic (exact) mass is 815 g/mol. The Balaban J connectivity index is 1.01. The molecule has 0 unspecified atom stereocenters. The number of nitrogens with zero attached hydrogens (tertiary/aromatic N) is 1. The molecule has 19 heteroatoms. The number of H-pyrrole nitrogens is 1. The van der Waals surface area contributed by atoms with E-state index < -0.39 is 64.5 Å². The molecule has 2 heterocycles. The van der Waals surface area contributed by atoms with Crippen molar-refractivity contribution in [2.45, 2.75) is 0 Å². The highest BCUT2D eigenvalue weighted by molar-refractivity contribution is 6.10. The number of aromatic amines is 1. The summed E-state index contributed by atoms with van der Waals surface area (Å²) >= 11 is 0. The zero-order valence-electron chi connectivity index (χ0n) is 31.4. The van der Waals surface area contributed by atoms with Crippen LogP contribution in [-0.2, 0) is 4.79 Å². The molecule has 0 fully saturated rings. The molecule has 0 radical (unpaired) electrons. The van der Waals surface area contributed by atoms with Gasteiger partial charge in [0.15, 0.2) is 23.0 Å². The number of carbonyl (C=O) groups is 6. The summed E-state index contributed by atoms with van der Waals surface area (Å²) in [5.74, 6) is -6.88. The third-order valence-electron chi connectivity index (χ3n) is 8.77. The smallest absolute Gasteiger partial charge is 0.339 e. The second kappa shape index (κ2) is 17.6. The zero-order chi connectivity index (χ0) is 43.1. The Kier molecular flexibility index (Phi) is 12.0. The van der Waals surface area contributed by atoms with Gasteiger partial charge in [-0.2, -0.15) is 0 Å². The number of para-hydroxylation sites is 1. The standard InChI is InChI=1S/C41H33N7O12/c1-59-35-29(15-12-24(33(35)51)38(54)47-28-16-13-25(41(57)58)34(52)36(28)60-2)48-40(56)30-14-11-22(17-42-30)45-31(49)19-44-37(53)20-7-9-21(10-8-20)46-39(55)26-18-43-27-6-4-3-5-23(27)32(26)50/h3-18,51-52H,19H2,1-2H3,(H,43,50)(H,44,53)(H,45,49)(H,46,55)(H,47,54)(H,48,56)(H,57,58). The van der Waals surface area contributed by atoms with Gasteiger partial charge in [0.25, 0.3) is 23.6 Å². The van der Waals surface area contributed by atoms with E-state index in [2.05, 4.69) is 36.6 Å². The number of carboxylic acids is 1. The highest BCUT2D eigenvalue weighted by Gasteiger charge is 2.24. The number of aromatic nitrogens is 2. The molecule has 0 aliphatic heterocycles. The molecule has 0 saturated carbocycles. The number of hydrogen-bond donors (Lipinski definition) is 9. The van der Waals surface area contributed by atoms with Gasteiger partial charge in [-0.25, -0.2) is 9.78 Å². The molecular formula is C41H33N7O12. The maximum atomic E-state index is 13.1. The largest absolute Gasteiger partial charge is 0.504 e. The van der Waals surface area contributed by atoms with Crippen LogP contribution in [0.1, 0.15) is 51.9 Å². The van der Waals surface area contributed by atoms with Gasteiger partial charge in [0.1, 0.15) is 16.8 Å². The van der Waals surface area contributed by atoms with Gasteiger partial charge in [-0.05, 0) is 72.8 Å². The lowest BCUT2D eigenvalue weighted by Crippen LogP contribution is -2.32. The molecule has 4 aromatic carbocycles. The number of aromatic carboxylic acids is 1. The van der Waals surface area contributed by atoms with Crippen molar-refractivity contribution in [3.63, 3.8) is 0 Å². The van der Waals surface area contributed by atoms with E-state index in [9.17, 15) is 48.9 Å². The first-order chi connectivity index (χ1) is 28.8. The molecule has 0 aliphatic carbocycles. The Hall–Kier alpha value is -8.74. The van der Waals surface area contributed by atoms with Crippen molar-refractivity contribution in [2.24, 2.45) is 0 Å². The topological polar surface area (TPSA) is 287 Å². The average molecular weight is 816 g/mol. The van der Waals surface area contributed by atoms with Gasteiger partial charge in [0, 0.05) is 28.4 Å². The first-order valence-corrected chi connectivity index (χ1v) is 17.5.